The molecule has 2 aromatic carbocycles. The minimum absolute atomic E-state index is 0.0822. The van der Waals surface area contributed by atoms with E-state index in [1.54, 1.807) is 30.5 Å². The van der Waals surface area contributed by atoms with Gasteiger partial charge in [0.2, 0.25) is 0 Å². The maximum Gasteiger partial charge on any atom is 0.299 e. The van der Waals surface area contributed by atoms with Gasteiger partial charge in [-0.3, -0.25) is 9.55 Å². The maximum atomic E-state index is 14.8. The van der Waals surface area contributed by atoms with Crippen molar-refractivity contribution < 1.29 is 14.2 Å². The fourth-order valence-electron chi connectivity index (χ4n) is 4.87. The van der Waals surface area contributed by atoms with Crippen molar-refractivity contribution in [1.29, 1.82) is 10.5 Å². The average molecular weight is 547 g/mol. The monoisotopic (exact) mass is 546 g/mol. The highest BCUT2D eigenvalue weighted by atomic mass is 19.1. The van der Waals surface area contributed by atoms with Crippen molar-refractivity contribution in [2.45, 2.75) is 25.8 Å². The summed E-state index contributed by atoms with van der Waals surface area (Å²) in [7, 11) is 0. The van der Waals surface area contributed by atoms with Crippen molar-refractivity contribution in [3.8, 4) is 46.4 Å². The zero-order valence-electron chi connectivity index (χ0n) is 22.2. The molecular formula is C30H23FN8O2. The van der Waals surface area contributed by atoms with Crippen LogP contribution in [0.25, 0.3) is 33.7 Å². The summed E-state index contributed by atoms with van der Waals surface area (Å²) in [4.78, 5) is 18.3. The molecule has 41 heavy (non-hydrogen) atoms. The Morgan fingerprint density at radius 2 is 1.93 bits per heavy atom. The minimum atomic E-state index is -0.676. The zero-order valence-corrected chi connectivity index (χ0v) is 22.2. The van der Waals surface area contributed by atoms with E-state index in [0.717, 1.165) is 5.56 Å². The lowest BCUT2D eigenvalue weighted by Gasteiger charge is -2.18. The number of phenols is 1. The molecule has 4 heterocycles. The highest BCUT2D eigenvalue weighted by Gasteiger charge is 2.36. The fraction of sp³-hybridized carbons (Fsp3) is 0.200. The number of benzene rings is 2. The van der Waals surface area contributed by atoms with E-state index in [0.29, 0.717) is 65.1 Å². The smallest absolute Gasteiger partial charge is 0.299 e. The summed E-state index contributed by atoms with van der Waals surface area (Å²) in [5.41, 5.74) is 2.95. The Morgan fingerprint density at radius 1 is 1.07 bits per heavy atom. The van der Waals surface area contributed by atoms with Crippen LogP contribution in [0, 0.1) is 28.5 Å². The molecule has 1 aliphatic heterocycles. The Kier molecular flexibility index (Phi) is 6.20. The number of nitrogens with one attached hydrogen (secondary N) is 1. The van der Waals surface area contributed by atoms with E-state index >= 15 is 0 Å². The number of hydrogen-bond donors (Lipinski definition) is 2. The Morgan fingerprint density at radius 3 is 2.73 bits per heavy atom. The van der Waals surface area contributed by atoms with Gasteiger partial charge in [-0.1, -0.05) is 18.2 Å². The minimum Gasteiger partial charge on any atom is -0.507 e. The van der Waals surface area contributed by atoms with E-state index in [2.05, 4.69) is 21.4 Å². The van der Waals surface area contributed by atoms with Crippen LogP contribution >= 0.6 is 0 Å². The van der Waals surface area contributed by atoms with E-state index < -0.39 is 5.82 Å². The van der Waals surface area contributed by atoms with Crippen LogP contribution in [0.5, 0.6) is 11.8 Å². The fourth-order valence-corrected chi connectivity index (χ4v) is 4.87. The van der Waals surface area contributed by atoms with Crippen molar-refractivity contribution in [3.63, 3.8) is 0 Å². The number of phenolic OH excluding ortho intramolecular Hbond substituents is 1. The Balaban J connectivity index is 1.34. The third kappa shape index (κ3) is 4.53. The first-order valence-corrected chi connectivity index (χ1v) is 12.8. The van der Waals surface area contributed by atoms with Gasteiger partial charge in [0.1, 0.15) is 30.3 Å². The molecule has 2 N–H and O–H groups in total. The molecule has 202 valence electrons. The maximum absolute atomic E-state index is 14.8. The number of aromatic nitrogens is 5. The number of pyridine rings is 1. The number of anilines is 1. The summed E-state index contributed by atoms with van der Waals surface area (Å²) in [6, 6.07) is 15.5. The molecule has 0 radical (unpaired) electrons. The number of ether oxygens (including phenoxy) is 1. The molecule has 10 nitrogen and oxygen atoms in total. The number of nitriles is 2. The van der Waals surface area contributed by atoms with Gasteiger partial charge in [-0.05, 0) is 50.1 Å². The van der Waals surface area contributed by atoms with Gasteiger partial charge in [-0.2, -0.15) is 15.5 Å². The molecule has 0 saturated heterocycles. The molecule has 0 aliphatic carbocycles. The van der Waals surface area contributed by atoms with E-state index in [1.807, 2.05) is 24.5 Å². The first kappa shape index (κ1) is 25.7. The third-order valence-corrected chi connectivity index (χ3v) is 6.94. The first-order valence-electron chi connectivity index (χ1n) is 12.8. The topological polar surface area (TPSA) is 146 Å². The van der Waals surface area contributed by atoms with Crippen LogP contribution in [0.15, 0.2) is 54.9 Å². The predicted molar refractivity (Wildman–Crippen MR) is 148 cm³/mol. The van der Waals surface area contributed by atoms with Crippen molar-refractivity contribution in [1.82, 2.24) is 24.5 Å². The van der Waals surface area contributed by atoms with Crippen LogP contribution in [-0.4, -0.2) is 42.8 Å². The molecule has 0 bridgehead atoms. The molecule has 5 aromatic rings. The van der Waals surface area contributed by atoms with Gasteiger partial charge in [0.15, 0.2) is 22.8 Å². The molecule has 0 unspecified atom stereocenters. The van der Waals surface area contributed by atoms with Gasteiger partial charge in [0.25, 0.3) is 6.01 Å². The van der Waals surface area contributed by atoms with Crippen LogP contribution < -0.4 is 10.1 Å². The van der Waals surface area contributed by atoms with E-state index in [9.17, 15) is 20.0 Å². The predicted octanol–water partition coefficient (Wildman–Crippen LogP) is 4.93. The largest absolute Gasteiger partial charge is 0.507 e. The van der Waals surface area contributed by atoms with Crippen molar-refractivity contribution in [2.75, 3.05) is 18.5 Å². The molecule has 1 aliphatic rings. The molecule has 11 heteroatoms. The summed E-state index contributed by atoms with van der Waals surface area (Å²) in [6.45, 7) is 4.96. The van der Waals surface area contributed by atoms with Gasteiger partial charge < -0.3 is 15.2 Å². The molecule has 0 spiro atoms. The number of halogens is 1. The van der Waals surface area contributed by atoms with Crippen LogP contribution in [-0.2, 0) is 12.0 Å². The second-order valence-electron chi connectivity index (χ2n) is 10.3. The van der Waals surface area contributed by atoms with Crippen LogP contribution in [0.4, 0.5) is 10.2 Å². The standard InChI is InChI=1S/C30H23FN8O2/c1-30(2)16-41-29-36-25-27(37-26(38-28(25)39(29)30)20-10-18(12-32)14-34-15-20)35-9-8-17-6-7-23(40)22(11-17)21-5-3-4-19(13-33)24(21)31/h3-7,10-11,14-15,40H,8-9,16H2,1-2H3,(H,35,37,38). The van der Waals surface area contributed by atoms with Crippen molar-refractivity contribution >= 4 is 17.0 Å². The molecule has 0 fully saturated rings. The second-order valence-corrected chi connectivity index (χ2v) is 10.3. The van der Waals surface area contributed by atoms with Crippen LogP contribution in [0.2, 0.25) is 0 Å². The number of nitrogens with zero attached hydrogens (tertiary/aromatic N) is 7. The summed E-state index contributed by atoms with van der Waals surface area (Å²) in [5, 5.41) is 32.3. The van der Waals surface area contributed by atoms with Crippen molar-refractivity contribution in [2.24, 2.45) is 0 Å². The van der Waals surface area contributed by atoms with E-state index in [4.69, 9.17) is 14.7 Å². The third-order valence-electron chi connectivity index (χ3n) is 6.94. The van der Waals surface area contributed by atoms with Gasteiger partial charge in [0, 0.05) is 35.6 Å². The second kappa shape index (κ2) is 9.88. The lowest BCUT2D eigenvalue weighted by molar-refractivity contribution is 0.268. The zero-order chi connectivity index (χ0) is 28.7. The summed E-state index contributed by atoms with van der Waals surface area (Å²) >= 11 is 0. The lowest BCUT2D eigenvalue weighted by Crippen LogP contribution is -2.25. The van der Waals surface area contributed by atoms with Crippen molar-refractivity contribution in [3.05, 3.63) is 77.4 Å². The number of fused-ring (bicyclic) bond motifs is 3. The summed E-state index contributed by atoms with van der Waals surface area (Å²) in [6.07, 6.45) is 3.59. The number of imidazole rings is 1. The molecule has 6 rings (SSSR count). The number of rotatable bonds is 6. The Bertz CT molecular complexity index is 1920. The quantitative estimate of drug-likeness (QED) is 0.303. The normalized spacial score (nSPS) is 13.3. The van der Waals surface area contributed by atoms with E-state index in [1.165, 1.54) is 24.4 Å². The van der Waals surface area contributed by atoms with Gasteiger partial charge >= 0.3 is 0 Å². The number of hydrogen-bond acceptors (Lipinski definition) is 9. The Hall–Kier alpha value is -5.55. The molecule has 0 amide bonds. The molecule has 3 aromatic heterocycles. The van der Waals surface area contributed by atoms with Crippen LogP contribution in [0.3, 0.4) is 0 Å². The van der Waals surface area contributed by atoms with Crippen LogP contribution in [0.1, 0.15) is 30.5 Å². The molecule has 0 atom stereocenters. The van der Waals surface area contributed by atoms with E-state index in [-0.39, 0.29) is 22.4 Å². The summed E-state index contributed by atoms with van der Waals surface area (Å²) < 4.78 is 22.6. The molecule has 0 saturated carbocycles. The van der Waals surface area contributed by atoms with Gasteiger partial charge in [-0.15, -0.1) is 0 Å². The number of aromatic hydroxyl groups is 1. The average Bonchev–Trinajstić information content (AvgIpc) is 3.51. The highest BCUT2D eigenvalue weighted by Crippen LogP contribution is 2.37. The summed E-state index contributed by atoms with van der Waals surface area (Å²) in [5.74, 6) is 0.112. The SMILES string of the molecule is CC1(C)COc2nc3c(NCCc4ccc(O)c(-c5cccc(C#N)c5F)c4)nc(-c4cncc(C#N)c4)nc3n21. The van der Waals surface area contributed by atoms with Gasteiger partial charge in [0.05, 0.1) is 16.7 Å². The van der Waals surface area contributed by atoms with Gasteiger partial charge in [-0.25, -0.2) is 14.4 Å². The lowest BCUT2D eigenvalue weighted by atomic mass is 9.98. The Labute approximate surface area is 234 Å². The first-order chi connectivity index (χ1) is 19.8. The molecular weight excluding hydrogens is 523 g/mol. The highest BCUT2D eigenvalue weighted by molar-refractivity contribution is 5.86.